The van der Waals surface area contributed by atoms with Gasteiger partial charge < -0.3 is 10.0 Å². The van der Waals surface area contributed by atoms with Gasteiger partial charge in [0.25, 0.3) is 0 Å². The summed E-state index contributed by atoms with van der Waals surface area (Å²) < 4.78 is 0. The Labute approximate surface area is 129 Å². The summed E-state index contributed by atoms with van der Waals surface area (Å²) in [4.78, 5) is 27.8. The number of aromatic nitrogens is 1. The van der Waals surface area contributed by atoms with Crippen LogP contribution >= 0.6 is 0 Å². The predicted octanol–water partition coefficient (Wildman–Crippen LogP) is 2.35. The van der Waals surface area contributed by atoms with Gasteiger partial charge in [-0.1, -0.05) is 24.3 Å². The number of hydrogen-bond acceptors (Lipinski definition) is 3. The van der Waals surface area contributed by atoms with E-state index in [1.807, 2.05) is 24.3 Å². The van der Waals surface area contributed by atoms with Gasteiger partial charge in [0.05, 0.1) is 5.56 Å². The third kappa shape index (κ3) is 4.15. The molecule has 2 rings (SSSR count). The van der Waals surface area contributed by atoms with E-state index in [0.717, 1.165) is 16.7 Å². The van der Waals surface area contributed by atoms with Gasteiger partial charge in [0, 0.05) is 32.9 Å². The number of pyridine rings is 1. The number of rotatable bonds is 5. The quantitative estimate of drug-likeness (QED) is 0.920. The summed E-state index contributed by atoms with van der Waals surface area (Å²) in [7, 11) is 1.76. The SMILES string of the molecule is CC(=O)N(C)Cc1ccc(Cc2cncc(C(=O)O)c2)cc1. The van der Waals surface area contributed by atoms with Gasteiger partial charge in [-0.2, -0.15) is 0 Å². The van der Waals surface area contributed by atoms with Crippen molar-refractivity contribution in [1.82, 2.24) is 9.88 Å². The standard InChI is InChI=1S/C17H18N2O3/c1-12(20)19(2)11-14-5-3-13(4-6-14)7-15-8-16(17(21)22)10-18-9-15/h3-6,8-10H,7,11H2,1-2H3,(H,21,22). The zero-order valence-corrected chi connectivity index (χ0v) is 12.6. The lowest BCUT2D eigenvalue weighted by atomic mass is 10.0. The fraction of sp³-hybridized carbons (Fsp3) is 0.235. The van der Waals surface area contributed by atoms with Crippen molar-refractivity contribution >= 4 is 11.9 Å². The summed E-state index contributed by atoms with van der Waals surface area (Å²) in [5, 5.41) is 8.97. The van der Waals surface area contributed by atoms with Crippen LogP contribution in [-0.4, -0.2) is 33.9 Å². The Kier molecular flexibility index (Phi) is 4.88. The van der Waals surface area contributed by atoms with Gasteiger partial charge in [0.2, 0.25) is 5.91 Å². The summed E-state index contributed by atoms with van der Waals surface area (Å²) >= 11 is 0. The topological polar surface area (TPSA) is 70.5 Å². The van der Waals surface area contributed by atoms with Gasteiger partial charge >= 0.3 is 5.97 Å². The van der Waals surface area contributed by atoms with E-state index in [1.54, 1.807) is 24.2 Å². The Bertz CT molecular complexity index is 681. The summed E-state index contributed by atoms with van der Waals surface area (Å²) in [5.41, 5.74) is 3.17. The monoisotopic (exact) mass is 298 g/mol. The maximum Gasteiger partial charge on any atom is 0.337 e. The molecular formula is C17H18N2O3. The van der Waals surface area contributed by atoms with Gasteiger partial charge in [-0.05, 0) is 29.2 Å². The highest BCUT2D eigenvalue weighted by molar-refractivity contribution is 5.87. The molecule has 0 radical (unpaired) electrons. The van der Waals surface area contributed by atoms with Crippen molar-refractivity contribution in [3.8, 4) is 0 Å². The van der Waals surface area contributed by atoms with Crippen LogP contribution in [0.5, 0.6) is 0 Å². The van der Waals surface area contributed by atoms with Crippen LogP contribution in [0.4, 0.5) is 0 Å². The molecule has 5 nitrogen and oxygen atoms in total. The van der Waals surface area contributed by atoms with Gasteiger partial charge in [-0.25, -0.2) is 4.79 Å². The lowest BCUT2D eigenvalue weighted by Crippen LogP contribution is -2.22. The second-order valence-corrected chi connectivity index (χ2v) is 5.26. The molecule has 0 spiro atoms. The number of amides is 1. The van der Waals surface area contributed by atoms with Gasteiger partial charge in [0.1, 0.15) is 0 Å². The van der Waals surface area contributed by atoms with Crippen LogP contribution in [0.15, 0.2) is 42.7 Å². The Morgan fingerprint density at radius 3 is 2.32 bits per heavy atom. The first kappa shape index (κ1) is 15.7. The third-order valence-electron chi connectivity index (χ3n) is 3.43. The van der Waals surface area contributed by atoms with E-state index in [2.05, 4.69) is 4.98 Å². The fourth-order valence-corrected chi connectivity index (χ4v) is 2.08. The predicted molar refractivity (Wildman–Crippen MR) is 82.6 cm³/mol. The number of carbonyl (C=O) groups excluding carboxylic acids is 1. The molecule has 0 aliphatic carbocycles. The van der Waals surface area contributed by atoms with Gasteiger partial charge in [-0.3, -0.25) is 9.78 Å². The molecule has 1 N–H and O–H groups in total. The maximum absolute atomic E-state index is 11.2. The van der Waals surface area contributed by atoms with E-state index in [1.165, 1.54) is 13.1 Å². The molecule has 1 aromatic heterocycles. The van der Waals surface area contributed by atoms with Crippen LogP contribution in [0, 0.1) is 0 Å². The molecule has 22 heavy (non-hydrogen) atoms. The van der Waals surface area contributed by atoms with Crippen molar-refractivity contribution in [1.29, 1.82) is 0 Å². The number of carbonyl (C=O) groups is 2. The van der Waals surface area contributed by atoms with E-state index < -0.39 is 5.97 Å². The zero-order valence-electron chi connectivity index (χ0n) is 12.6. The van der Waals surface area contributed by atoms with Crippen molar-refractivity contribution in [3.05, 3.63) is 65.0 Å². The molecule has 0 fully saturated rings. The molecule has 0 saturated heterocycles. The Morgan fingerprint density at radius 1 is 1.09 bits per heavy atom. The van der Waals surface area contributed by atoms with Crippen molar-refractivity contribution < 1.29 is 14.7 Å². The second-order valence-electron chi connectivity index (χ2n) is 5.26. The Hall–Kier alpha value is -2.69. The average molecular weight is 298 g/mol. The second kappa shape index (κ2) is 6.85. The first-order chi connectivity index (χ1) is 10.5. The minimum atomic E-state index is -0.975. The third-order valence-corrected chi connectivity index (χ3v) is 3.43. The first-order valence-corrected chi connectivity index (χ1v) is 6.92. The van der Waals surface area contributed by atoms with Gasteiger partial charge in [-0.15, -0.1) is 0 Å². The normalized spacial score (nSPS) is 10.3. The highest BCUT2D eigenvalue weighted by atomic mass is 16.4. The largest absolute Gasteiger partial charge is 0.478 e. The number of hydrogen-bond donors (Lipinski definition) is 1. The Balaban J connectivity index is 2.06. The zero-order chi connectivity index (χ0) is 16.1. The minimum absolute atomic E-state index is 0.0284. The number of aromatic carboxylic acids is 1. The summed E-state index contributed by atoms with van der Waals surface area (Å²) in [6.45, 7) is 2.11. The highest BCUT2D eigenvalue weighted by Crippen LogP contribution is 2.12. The first-order valence-electron chi connectivity index (χ1n) is 6.92. The highest BCUT2D eigenvalue weighted by Gasteiger charge is 2.06. The molecule has 114 valence electrons. The van der Waals surface area contributed by atoms with Crippen LogP contribution in [0.25, 0.3) is 0 Å². The summed E-state index contributed by atoms with van der Waals surface area (Å²) in [5.74, 6) is -0.947. The number of benzene rings is 1. The number of nitrogens with zero attached hydrogens (tertiary/aromatic N) is 2. The Morgan fingerprint density at radius 2 is 1.73 bits per heavy atom. The van der Waals surface area contributed by atoms with E-state index >= 15 is 0 Å². The molecule has 1 heterocycles. The average Bonchev–Trinajstić information content (AvgIpc) is 2.49. The summed E-state index contributed by atoms with van der Waals surface area (Å²) in [6, 6.07) is 9.55. The lowest BCUT2D eigenvalue weighted by Gasteiger charge is -2.14. The smallest absolute Gasteiger partial charge is 0.337 e. The number of carboxylic acids is 1. The molecule has 2 aromatic rings. The fourth-order valence-electron chi connectivity index (χ4n) is 2.08. The summed E-state index contributed by atoms with van der Waals surface area (Å²) in [6.07, 6.45) is 3.63. The minimum Gasteiger partial charge on any atom is -0.478 e. The van der Waals surface area contributed by atoms with Crippen LogP contribution in [0.1, 0.15) is 34.0 Å². The molecule has 1 aromatic carbocycles. The van der Waals surface area contributed by atoms with E-state index in [4.69, 9.17) is 5.11 Å². The molecule has 0 aliphatic rings. The van der Waals surface area contributed by atoms with Crippen LogP contribution in [0.2, 0.25) is 0 Å². The van der Waals surface area contributed by atoms with Crippen molar-refractivity contribution in [2.24, 2.45) is 0 Å². The van der Waals surface area contributed by atoms with E-state index in [0.29, 0.717) is 13.0 Å². The van der Waals surface area contributed by atoms with E-state index in [9.17, 15) is 9.59 Å². The van der Waals surface area contributed by atoms with Crippen molar-refractivity contribution in [2.45, 2.75) is 19.9 Å². The van der Waals surface area contributed by atoms with Crippen LogP contribution in [-0.2, 0) is 17.8 Å². The van der Waals surface area contributed by atoms with E-state index in [-0.39, 0.29) is 11.5 Å². The molecule has 0 aliphatic heterocycles. The lowest BCUT2D eigenvalue weighted by molar-refractivity contribution is -0.128. The molecule has 0 saturated carbocycles. The molecule has 0 bridgehead atoms. The molecule has 1 amide bonds. The molecule has 0 unspecified atom stereocenters. The van der Waals surface area contributed by atoms with Gasteiger partial charge in [0.15, 0.2) is 0 Å². The maximum atomic E-state index is 11.2. The molecular weight excluding hydrogens is 280 g/mol. The van der Waals surface area contributed by atoms with Crippen molar-refractivity contribution in [2.75, 3.05) is 7.05 Å². The number of carboxylic acid groups (broad SMARTS) is 1. The van der Waals surface area contributed by atoms with Crippen molar-refractivity contribution in [3.63, 3.8) is 0 Å². The molecule has 0 atom stereocenters. The van der Waals surface area contributed by atoms with Crippen LogP contribution < -0.4 is 0 Å². The van der Waals surface area contributed by atoms with Crippen LogP contribution in [0.3, 0.4) is 0 Å². The molecule has 5 heteroatoms.